The number of amides is 2. The van der Waals surface area contributed by atoms with E-state index < -0.39 is 6.04 Å². The molecule has 5 nitrogen and oxygen atoms in total. The number of benzene rings is 2. The van der Waals surface area contributed by atoms with Gasteiger partial charge in [0.25, 0.3) is 0 Å². The minimum absolute atomic E-state index is 0.0531. The molecule has 0 aliphatic heterocycles. The topological polar surface area (TPSA) is 58.6 Å². The number of aryl methyl sites for hydroxylation is 1. The molecule has 1 atom stereocenters. The number of carbonyl (C=O) groups is 2. The fraction of sp³-hybridized carbons (Fsp3) is 0.440. The van der Waals surface area contributed by atoms with Crippen molar-refractivity contribution in [2.45, 2.75) is 53.1 Å². The van der Waals surface area contributed by atoms with E-state index in [-0.39, 0.29) is 11.8 Å². The van der Waals surface area contributed by atoms with Crippen molar-refractivity contribution in [1.29, 1.82) is 0 Å². The van der Waals surface area contributed by atoms with Crippen LogP contribution in [0.4, 0.5) is 0 Å². The zero-order valence-electron chi connectivity index (χ0n) is 18.9. The molecular weight excluding hydrogens is 456 g/mol. The van der Waals surface area contributed by atoms with Crippen molar-refractivity contribution < 1.29 is 14.3 Å². The fourth-order valence-electron chi connectivity index (χ4n) is 3.01. The molecule has 0 bridgehead atoms. The van der Waals surface area contributed by atoms with E-state index >= 15 is 0 Å². The summed E-state index contributed by atoms with van der Waals surface area (Å²) in [5.74, 6) is 0.967. The number of hydrogen-bond acceptors (Lipinski definition) is 3. The maximum atomic E-state index is 13.0. The predicted octanol–water partition coefficient (Wildman–Crippen LogP) is 5.11. The molecule has 1 N–H and O–H groups in total. The highest BCUT2D eigenvalue weighted by atomic mass is 79.9. The Morgan fingerprint density at radius 2 is 1.68 bits per heavy atom. The van der Waals surface area contributed by atoms with E-state index in [1.807, 2.05) is 69.3 Å². The minimum Gasteiger partial charge on any atom is -0.494 e. The summed E-state index contributed by atoms with van der Waals surface area (Å²) in [5.41, 5.74) is 2.16. The van der Waals surface area contributed by atoms with Crippen LogP contribution in [0.2, 0.25) is 0 Å². The highest BCUT2D eigenvalue weighted by molar-refractivity contribution is 9.10. The van der Waals surface area contributed by atoms with E-state index in [2.05, 4.69) is 21.2 Å². The van der Waals surface area contributed by atoms with Gasteiger partial charge in [0.15, 0.2) is 0 Å². The third-order valence-corrected chi connectivity index (χ3v) is 5.47. The van der Waals surface area contributed by atoms with Crippen LogP contribution in [0, 0.1) is 12.8 Å². The van der Waals surface area contributed by atoms with Gasteiger partial charge in [-0.2, -0.15) is 0 Å². The van der Waals surface area contributed by atoms with Crippen LogP contribution in [-0.4, -0.2) is 35.9 Å². The maximum absolute atomic E-state index is 13.0. The Morgan fingerprint density at radius 3 is 2.29 bits per heavy atom. The number of nitrogens with zero attached hydrogens (tertiary/aromatic N) is 1. The van der Waals surface area contributed by atoms with Gasteiger partial charge in [0.2, 0.25) is 11.8 Å². The Hall–Kier alpha value is -2.34. The molecule has 0 aliphatic rings. The molecule has 0 radical (unpaired) electrons. The van der Waals surface area contributed by atoms with E-state index in [0.29, 0.717) is 38.5 Å². The molecule has 0 aromatic heterocycles. The number of nitrogens with one attached hydrogen (secondary N) is 1. The Balaban J connectivity index is 1.97. The quantitative estimate of drug-likeness (QED) is 0.447. The average Bonchev–Trinajstić information content (AvgIpc) is 2.75. The molecule has 31 heavy (non-hydrogen) atoms. The van der Waals surface area contributed by atoms with Gasteiger partial charge in [-0.1, -0.05) is 59.6 Å². The van der Waals surface area contributed by atoms with Crippen LogP contribution in [-0.2, 0) is 16.1 Å². The van der Waals surface area contributed by atoms with Crippen LogP contribution in [0.3, 0.4) is 0 Å². The first-order valence-corrected chi connectivity index (χ1v) is 11.6. The first-order valence-electron chi connectivity index (χ1n) is 10.8. The van der Waals surface area contributed by atoms with E-state index in [9.17, 15) is 9.59 Å². The van der Waals surface area contributed by atoms with Gasteiger partial charge in [-0.3, -0.25) is 9.59 Å². The lowest BCUT2D eigenvalue weighted by atomic mass is 10.1. The molecule has 0 unspecified atom stereocenters. The molecule has 0 fully saturated rings. The smallest absolute Gasteiger partial charge is 0.242 e. The lowest BCUT2D eigenvalue weighted by molar-refractivity contribution is -0.140. The van der Waals surface area contributed by atoms with Crippen molar-refractivity contribution in [1.82, 2.24) is 10.2 Å². The molecule has 0 spiro atoms. The standard InChI is InChI=1S/C25H33BrN2O3/c1-18(2)16-27-25(30)20(4)28(17-21-9-11-22(26)12-10-21)24(29)6-5-15-31-23-13-7-19(3)8-14-23/h7-14,18,20H,5-6,15-17H2,1-4H3,(H,27,30)/t20-/m1/s1. The Labute approximate surface area is 194 Å². The van der Waals surface area contributed by atoms with Gasteiger partial charge in [0.1, 0.15) is 11.8 Å². The van der Waals surface area contributed by atoms with Crippen molar-refractivity contribution in [2.24, 2.45) is 5.92 Å². The van der Waals surface area contributed by atoms with Gasteiger partial charge in [0.05, 0.1) is 6.61 Å². The summed E-state index contributed by atoms with van der Waals surface area (Å²) in [5, 5.41) is 2.94. The van der Waals surface area contributed by atoms with Gasteiger partial charge in [0, 0.05) is 24.0 Å². The normalized spacial score (nSPS) is 11.8. The third-order valence-electron chi connectivity index (χ3n) is 4.94. The first-order chi connectivity index (χ1) is 14.8. The summed E-state index contributed by atoms with van der Waals surface area (Å²) in [6.45, 7) is 9.34. The number of rotatable bonds is 11. The SMILES string of the molecule is Cc1ccc(OCCCC(=O)N(Cc2ccc(Br)cc2)[C@H](C)C(=O)NCC(C)C)cc1. The molecule has 2 amide bonds. The Bertz CT molecular complexity index is 835. The summed E-state index contributed by atoms with van der Waals surface area (Å²) >= 11 is 3.43. The van der Waals surface area contributed by atoms with Gasteiger partial charge in [-0.25, -0.2) is 0 Å². The van der Waals surface area contributed by atoms with E-state index in [1.165, 1.54) is 5.56 Å². The molecule has 0 heterocycles. The molecule has 0 aliphatic carbocycles. The zero-order valence-corrected chi connectivity index (χ0v) is 20.4. The van der Waals surface area contributed by atoms with E-state index in [1.54, 1.807) is 11.8 Å². The van der Waals surface area contributed by atoms with Crippen LogP contribution in [0.1, 0.15) is 44.7 Å². The second-order valence-electron chi connectivity index (χ2n) is 8.23. The molecule has 2 rings (SSSR count). The summed E-state index contributed by atoms with van der Waals surface area (Å²) in [6.07, 6.45) is 0.911. The Morgan fingerprint density at radius 1 is 1.03 bits per heavy atom. The molecular formula is C25H33BrN2O3. The van der Waals surface area contributed by atoms with Crippen LogP contribution < -0.4 is 10.1 Å². The van der Waals surface area contributed by atoms with Crippen molar-refractivity contribution in [2.75, 3.05) is 13.2 Å². The summed E-state index contributed by atoms with van der Waals surface area (Å²) in [7, 11) is 0. The number of hydrogen-bond donors (Lipinski definition) is 1. The predicted molar refractivity (Wildman–Crippen MR) is 128 cm³/mol. The largest absolute Gasteiger partial charge is 0.494 e. The summed E-state index contributed by atoms with van der Waals surface area (Å²) < 4.78 is 6.72. The third kappa shape index (κ3) is 8.74. The van der Waals surface area contributed by atoms with Crippen LogP contribution in [0.25, 0.3) is 0 Å². The van der Waals surface area contributed by atoms with Gasteiger partial charge in [-0.15, -0.1) is 0 Å². The number of ether oxygens (including phenoxy) is 1. The van der Waals surface area contributed by atoms with Crippen LogP contribution in [0.5, 0.6) is 5.75 Å². The van der Waals surface area contributed by atoms with Crippen molar-refractivity contribution in [3.05, 3.63) is 64.1 Å². The van der Waals surface area contributed by atoms with E-state index in [4.69, 9.17) is 4.74 Å². The average molecular weight is 489 g/mol. The highest BCUT2D eigenvalue weighted by Gasteiger charge is 2.25. The number of carbonyl (C=O) groups excluding carboxylic acids is 2. The Kier molecular flexibility index (Phi) is 10.0. The molecule has 6 heteroatoms. The van der Waals surface area contributed by atoms with Crippen molar-refractivity contribution in [3.8, 4) is 5.75 Å². The van der Waals surface area contributed by atoms with Gasteiger partial charge >= 0.3 is 0 Å². The monoisotopic (exact) mass is 488 g/mol. The second kappa shape index (κ2) is 12.5. The molecule has 0 saturated carbocycles. The lowest BCUT2D eigenvalue weighted by Crippen LogP contribution is -2.48. The van der Waals surface area contributed by atoms with Crippen LogP contribution >= 0.6 is 15.9 Å². The lowest BCUT2D eigenvalue weighted by Gasteiger charge is -2.29. The maximum Gasteiger partial charge on any atom is 0.242 e. The highest BCUT2D eigenvalue weighted by Crippen LogP contribution is 2.16. The molecule has 2 aromatic carbocycles. The van der Waals surface area contributed by atoms with E-state index in [0.717, 1.165) is 15.8 Å². The second-order valence-corrected chi connectivity index (χ2v) is 9.14. The summed E-state index contributed by atoms with van der Waals surface area (Å²) in [6, 6.07) is 15.1. The summed E-state index contributed by atoms with van der Waals surface area (Å²) in [4.78, 5) is 27.3. The molecule has 168 valence electrons. The number of halogens is 1. The first kappa shape index (κ1) is 24.9. The van der Waals surface area contributed by atoms with Crippen molar-refractivity contribution >= 4 is 27.7 Å². The molecule has 2 aromatic rings. The van der Waals surface area contributed by atoms with Crippen molar-refractivity contribution in [3.63, 3.8) is 0 Å². The molecule has 0 saturated heterocycles. The minimum atomic E-state index is -0.548. The van der Waals surface area contributed by atoms with Gasteiger partial charge in [-0.05, 0) is 56.0 Å². The van der Waals surface area contributed by atoms with Crippen LogP contribution in [0.15, 0.2) is 53.0 Å². The zero-order chi connectivity index (χ0) is 22.8. The van der Waals surface area contributed by atoms with Gasteiger partial charge < -0.3 is 15.0 Å². The fourth-order valence-corrected chi connectivity index (χ4v) is 3.28.